The van der Waals surface area contributed by atoms with E-state index in [4.69, 9.17) is 5.11 Å². The van der Waals surface area contributed by atoms with Gasteiger partial charge in [0.1, 0.15) is 11.5 Å². The van der Waals surface area contributed by atoms with Crippen molar-refractivity contribution in [3.8, 4) is 11.1 Å². The van der Waals surface area contributed by atoms with E-state index >= 15 is 0 Å². The maximum Gasteiger partial charge on any atom is 1.00 e. The van der Waals surface area contributed by atoms with Crippen molar-refractivity contribution in [3.63, 3.8) is 0 Å². The number of hydrogen-bond donors (Lipinski definition) is 4. The normalized spacial score (nSPS) is 12.6. The molecular weight excluding hydrogens is 498 g/mol. The number of rotatable bonds is 12. The molecule has 1 amide bonds. The Hall–Kier alpha value is -2.49. The number of carboxylic acid groups (broad SMARTS) is 1. The molecule has 3 rings (SSSR count). The molecule has 0 saturated heterocycles. The van der Waals surface area contributed by atoms with E-state index in [9.17, 15) is 24.2 Å². The molecule has 0 spiro atoms. The minimum Gasteiger partial charge on any atom is -1.00 e. The summed E-state index contributed by atoms with van der Waals surface area (Å²) in [5, 5.41) is 32.4. The molecule has 2 aromatic carbocycles. The number of carbonyl (C=O) groups excluding carboxylic acids is 1. The van der Waals surface area contributed by atoms with E-state index in [0.29, 0.717) is 24.3 Å². The molecular formula is C29H36FN2NaO5. The first-order valence-corrected chi connectivity index (χ1v) is 12.6. The van der Waals surface area contributed by atoms with Gasteiger partial charge in [-0.1, -0.05) is 44.2 Å². The molecule has 3 aromatic rings. The maximum atomic E-state index is 13.8. The Morgan fingerprint density at radius 1 is 1.03 bits per heavy atom. The third kappa shape index (κ3) is 8.01. The van der Waals surface area contributed by atoms with Gasteiger partial charge in [-0.05, 0) is 67.5 Å². The number of carboxylic acids is 1. The number of hydrogen-bond acceptors (Lipinski definition) is 4. The van der Waals surface area contributed by atoms with Crippen LogP contribution < -0.4 is 34.9 Å². The van der Waals surface area contributed by atoms with Crippen molar-refractivity contribution >= 4 is 17.6 Å². The molecule has 0 saturated carbocycles. The summed E-state index contributed by atoms with van der Waals surface area (Å²) in [7, 11) is 0. The van der Waals surface area contributed by atoms with Crippen LogP contribution in [0.1, 0.15) is 69.1 Å². The Kier molecular flexibility index (Phi) is 12.2. The van der Waals surface area contributed by atoms with Crippen LogP contribution in [0, 0.1) is 5.82 Å². The number of nitrogens with one attached hydrogen (secondary N) is 1. The van der Waals surface area contributed by atoms with Crippen molar-refractivity contribution < 1.29 is 60.3 Å². The van der Waals surface area contributed by atoms with Crippen molar-refractivity contribution in [1.82, 2.24) is 4.57 Å². The molecule has 200 valence electrons. The number of aromatic nitrogens is 1. The number of aliphatic carboxylic acids is 1. The van der Waals surface area contributed by atoms with Crippen molar-refractivity contribution in [2.24, 2.45) is 0 Å². The summed E-state index contributed by atoms with van der Waals surface area (Å²) in [4.78, 5) is 24.5. The molecule has 0 unspecified atom stereocenters. The predicted molar refractivity (Wildman–Crippen MR) is 142 cm³/mol. The second-order valence-electron chi connectivity index (χ2n) is 9.49. The molecule has 0 aliphatic heterocycles. The summed E-state index contributed by atoms with van der Waals surface area (Å²) in [6.45, 7) is 6.44. The number of aliphatic hydroxyl groups is 2. The standard InChI is InChI=1S/C29H35FN2O5.Na.H/c1-4-32-24(15-14-22(33)16-23(34)17-25(35)36)27(19-10-12-20(30)13-11-19)26(18(2)3)28(32)29(37)31-21-8-6-5-7-9-21;;/h5-13,18,22-23,33-34H,4,14-17H2,1-3H3,(H,31,37)(H,35,36);;/q;+1;-1/t22-,23-;;/m1../s1. The van der Waals surface area contributed by atoms with Crippen LogP contribution in [-0.4, -0.2) is 44.0 Å². The summed E-state index contributed by atoms with van der Waals surface area (Å²) in [5.41, 5.74) is 4.42. The van der Waals surface area contributed by atoms with Crippen LogP contribution >= 0.6 is 0 Å². The van der Waals surface area contributed by atoms with E-state index in [-0.39, 0.29) is 61.5 Å². The third-order valence-electron chi connectivity index (χ3n) is 6.35. The van der Waals surface area contributed by atoms with Gasteiger partial charge in [-0.25, -0.2) is 4.39 Å². The van der Waals surface area contributed by atoms with E-state index in [1.165, 1.54) is 12.1 Å². The number of amides is 1. The van der Waals surface area contributed by atoms with Crippen LogP contribution in [0.3, 0.4) is 0 Å². The largest absolute Gasteiger partial charge is 1.00 e. The molecule has 1 heterocycles. The second kappa shape index (κ2) is 14.6. The van der Waals surface area contributed by atoms with Gasteiger partial charge in [0.2, 0.25) is 0 Å². The van der Waals surface area contributed by atoms with Gasteiger partial charge in [0, 0.05) is 23.5 Å². The first-order chi connectivity index (χ1) is 17.6. The second-order valence-corrected chi connectivity index (χ2v) is 9.49. The minimum absolute atomic E-state index is 0. The van der Waals surface area contributed by atoms with Crippen molar-refractivity contribution in [3.05, 3.63) is 77.4 Å². The molecule has 0 aliphatic rings. The zero-order valence-corrected chi connectivity index (χ0v) is 24.4. The summed E-state index contributed by atoms with van der Waals surface area (Å²) >= 11 is 0. The molecule has 9 heteroatoms. The summed E-state index contributed by atoms with van der Waals surface area (Å²) < 4.78 is 15.7. The Morgan fingerprint density at radius 2 is 1.66 bits per heavy atom. The van der Waals surface area contributed by atoms with E-state index in [2.05, 4.69) is 5.32 Å². The average molecular weight is 535 g/mol. The Bertz CT molecular complexity index is 1220. The molecule has 38 heavy (non-hydrogen) atoms. The fourth-order valence-electron chi connectivity index (χ4n) is 4.78. The topological polar surface area (TPSA) is 112 Å². The maximum absolute atomic E-state index is 13.8. The first kappa shape index (κ1) is 31.7. The van der Waals surface area contributed by atoms with Gasteiger partial charge in [-0.15, -0.1) is 0 Å². The van der Waals surface area contributed by atoms with E-state index in [1.807, 2.05) is 55.7 Å². The first-order valence-electron chi connectivity index (χ1n) is 12.6. The Morgan fingerprint density at radius 3 is 2.21 bits per heavy atom. The number of carbonyl (C=O) groups is 2. The Balaban J connectivity index is 0.00000380. The van der Waals surface area contributed by atoms with Crippen LogP contribution in [-0.2, 0) is 17.8 Å². The number of nitrogens with zero attached hydrogens (tertiary/aromatic N) is 1. The SMILES string of the molecule is CCn1c(CC[C@@H](O)C[C@@H](O)CC(=O)O)c(-c2ccc(F)cc2)c(C(C)C)c1C(=O)Nc1ccccc1.[H-].[Na+]. The minimum atomic E-state index is -1.15. The summed E-state index contributed by atoms with van der Waals surface area (Å²) in [6.07, 6.45) is -1.96. The van der Waals surface area contributed by atoms with Gasteiger partial charge in [-0.3, -0.25) is 9.59 Å². The molecule has 0 fully saturated rings. The number of anilines is 1. The summed E-state index contributed by atoms with van der Waals surface area (Å²) in [6, 6.07) is 15.3. The monoisotopic (exact) mass is 534 g/mol. The number of para-hydroxylation sites is 1. The van der Waals surface area contributed by atoms with Gasteiger partial charge in [0.05, 0.1) is 18.6 Å². The molecule has 0 bridgehead atoms. The average Bonchev–Trinajstić information content (AvgIpc) is 3.18. The van der Waals surface area contributed by atoms with Gasteiger partial charge in [-0.2, -0.15) is 0 Å². The molecule has 7 nitrogen and oxygen atoms in total. The molecule has 4 N–H and O–H groups in total. The van der Waals surface area contributed by atoms with Crippen LogP contribution in [0.4, 0.5) is 10.1 Å². The van der Waals surface area contributed by atoms with E-state index in [1.54, 1.807) is 12.1 Å². The van der Waals surface area contributed by atoms with Gasteiger partial charge in [0.25, 0.3) is 5.91 Å². The van der Waals surface area contributed by atoms with Gasteiger partial charge >= 0.3 is 35.5 Å². The molecule has 2 atom stereocenters. The zero-order chi connectivity index (χ0) is 27.1. The predicted octanol–water partition coefficient (Wildman–Crippen LogP) is 2.33. The van der Waals surface area contributed by atoms with Crippen molar-refractivity contribution in [2.75, 3.05) is 5.32 Å². The quantitative estimate of drug-likeness (QED) is 0.267. The molecule has 0 aliphatic carbocycles. The van der Waals surface area contributed by atoms with Gasteiger partial charge < -0.3 is 26.6 Å². The number of halogens is 1. The van der Waals surface area contributed by atoms with E-state index < -0.39 is 24.6 Å². The summed E-state index contributed by atoms with van der Waals surface area (Å²) in [5.74, 6) is -1.79. The third-order valence-corrected chi connectivity index (χ3v) is 6.35. The van der Waals surface area contributed by atoms with Crippen molar-refractivity contribution in [1.29, 1.82) is 0 Å². The molecule has 1 aromatic heterocycles. The number of aliphatic hydroxyl groups excluding tert-OH is 2. The van der Waals surface area contributed by atoms with E-state index in [0.717, 1.165) is 22.4 Å². The Labute approximate surface area is 246 Å². The van der Waals surface area contributed by atoms with Crippen LogP contribution in [0.25, 0.3) is 11.1 Å². The fraction of sp³-hybridized carbons (Fsp3) is 0.379. The van der Waals surface area contributed by atoms with Crippen LogP contribution in [0.5, 0.6) is 0 Å². The number of benzene rings is 2. The smallest absolute Gasteiger partial charge is 1.00 e. The van der Waals surface area contributed by atoms with Crippen LogP contribution in [0.15, 0.2) is 54.6 Å². The van der Waals surface area contributed by atoms with Crippen molar-refractivity contribution in [2.45, 2.75) is 71.1 Å². The zero-order valence-electron chi connectivity index (χ0n) is 23.4. The van der Waals surface area contributed by atoms with Gasteiger partial charge in [0.15, 0.2) is 0 Å². The molecule has 0 radical (unpaired) electrons. The van der Waals surface area contributed by atoms with Crippen LogP contribution in [0.2, 0.25) is 0 Å². The fourth-order valence-corrected chi connectivity index (χ4v) is 4.78.